The monoisotopic (exact) mass is 571 g/mol. The minimum atomic E-state index is -3.36. The van der Waals surface area contributed by atoms with Gasteiger partial charge in [0.2, 0.25) is 10.0 Å². The van der Waals surface area contributed by atoms with Gasteiger partial charge in [0.05, 0.1) is 5.75 Å². The van der Waals surface area contributed by atoms with Crippen molar-refractivity contribution in [2.45, 2.75) is 32.0 Å². The first kappa shape index (κ1) is 26.6. The van der Waals surface area contributed by atoms with E-state index in [-0.39, 0.29) is 29.7 Å². The first-order valence-electron chi connectivity index (χ1n) is 10.8. The van der Waals surface area contributed by atoms with E-state index in [1.54, 1.807) is 7.05 Å². The Bertz CT molecular complexity index is 918. The Morgan fingerprint density at radius 2 is 1.59 bits per heavy atom. The van der Waals surface area contributed by atoms with Gasteiger partial charge in [-0.2, -0.15) is 0 Å². The van der Waals surface area contributed by atoms with E-state index < -0.39 is 10.0 Å². The van der Waals surface area contributed by atoms with Crippen molar-refractivity contribution in [3.8, 4) is 0 Å². The van der Waals surface area contributed by atoms with E-state index in [2.05, 4.69) is 49.5 Å². The minimum Gasteiger partial charge on any atom is -0.355 e. The molecule has 176 valence electrons. The number of likely N-dealkylation sites (tertiary alicyclic amines) is 1. The molecular weight excluding hydrogens is 537 g/mol. The molecule has 1 fully saturated rings. The van der Waals surface area contributed by atoms with Gasteiger partial charge in [-0.15, -0.1) is 24.0 Å². The molecule has 0 aromatic heterocycles. The van der Waals surface area contributed by atoms with Crippen molar-refractivity contribution in [2.24, 2.45) is 4.99 Å². The molecule has 2 aromatic rings. The molecule has 32 heavy (non-hydrogen) atoms. The zero-order valence-corrected chi connectivity index (χ0v) is 21.7. The zero-order chi connectivity index (χ0) is 21.9. The molecule has 3 N–H and O–H groups in total. The van der Waals surface area contributed by atoms with Gasteiger partial charge < -0.3 is 10.6 Å². The molecular formula is C23H34IN5O2S. The summed E-state index contributed by atoms with van der Waals surface area (Å²) >= 11 is 0. The van der Waals surface area contributed by atoms with Gasteiger partial charge in [-0.25, -0.2) is 13.1 Å². The van der Waals surface area contributed by atoms with Gasteiger partial charge in [-0.3, -0.25) is 9.89 Å². The second-order valence-electron chi connectivity index (χ2n) is 7.80. The Labute approximate surface area is 209 Å². The normalized spacial score (nSPS) is 15.7. The molecule has 0 radical (unpaired) electrons. The highest BCUT2D eigenvalue weighted by molar-refractivity contribution is 14.0. The van der Waals surface area contributed by atoms with Crippen molar-refractivity contribution < 1.29 is 8.42 Å². The summed E-state index contributed by atoms with van der Waals surface area (Å²) in [6.45, 7) is 3.64. The number of halogens is 1. The minimum absolute atomic E-state index is 0. The SMILES string of the molecule is CN=C(NCCS(=O)(=O)NCc1ccccc1)NC1CCN(Cc2ccccc2)CC1.I. The Kier molecular flexibility index (Phi) is 11.4. The fraction of sp³-hybridized carbons (Fsp3) is 0.435. The van der Waals surface area contributed by atoms with Crippen LogP contribution in [0.5, 0.6) is 0 Å². The highest BCUT2D eigenvalue weighted by atomic mass is 127. The number of sulfonamides is 1. The van der Waals surface area contributed by atoms with E-state index in [9.17, 15) is 8.42 Å². The van der Waals surface area contributed by atoms with Crippen LogP contribution < -0.4 is 15.4 Å². The van der Waals surface area contributed by atoms with Crippen LogP contribution >= 0.6 is 24.0 Å². The fourth-order valence-electron chi connectivity index (χ4n) is 3.63. The summed E-state index contributed by atoms with van der Waals surface area (Å²) in [4.78, 5) is 6.71. The van der Waals surface area contributed by atoms with Crippen LogP contribution in [0.2, 0.25) is 0 Å². The average Bonchev–Trinajstić information content (AvgIpc) is 2.80. The fourth-order valence-corrected chi connectivity index (χ4v) is 4.53. The van der Waals surface area contributed by atoms with Gasteiger partial charge in [0.25, 0.3) is 0 Å². The van der Waals surface area contributed by atoms with E-state index in [4.69, 9.17) is 0 Å². The quantitative estimate of drug-likeness (QED) is 0.245. The van der Waals surface area contributed by atoms with Crippen LogP contribution in [-0.4, -0.2) is 57.8 Å². The summed E-state index contributed by atoms with van der Waals surface area (Å²) < 4.78 is 27.1. The van der Waals surface area contributed by atoms with Crippen molar-refractivity contribution in [3.05, 3.63) is 71.8 Å². The average molecular weight is 572 g/mol. The topological polar surface area (TPSA) is 85.8 Å². The highest BCUT2D eigenvalue weighted by Gasteiger charge is 2.20. The highest BCUT2D eigenvalue weighted by Crippen LogP contribution is 2.13. The standard InChI is InChI=1S/C23H33N5O2S.HI/c1-24-23(25-14-17-31(29,30)26-18-20-8-4-2-5-9-20)27-22-12-15-28(16-13-22)19-21-10-6-3-7-11-21;/h2-11,22,26H,12-19H2,1H3,(H2,24,25,27);1H. The summed E-state index contributed by atoms with van der Waals surface area (Å²) in [6, 6.07) is 20.4. The first-order valence-corrected chi connectivity index (χ1v) is 12.4. The molecule has 0 atom stereocenters. The van der Waals surface area contributed by atoms with Gasteiger partial charge in [-0.05, 0) is 24.0 Å². The molecule has 1 saturated heterocycles. The number of hydrogen-bond donors (Lipinski definition) is 3. The van der Waals surface area contributed by atoms with Gasteiger partial charge in [0.1, 0.15) is 0 Å². The van der Waals surface area contributed by atoms with E-state index in [1.165, 1.54) is 5.56 Å². The Morgan fingerprint density at radius 1 is 1.00 bits per heavy atom. The smallest absolute Gasteiger partial charge is 0.213 e. The van der Waals surface area contributed by atoms with Crippen LogP contribution in [0, 0.1) is 0 Å². The lowest BCUT2D eigenvalue weighted by atomic mass is 10.0. The summed E-state index contributed by atoms with van der Waals surface area (Å²) in [5.41, 5.74) is 2.28. The summed E-state index contributed by atoms with van der Waals surface area (Å²) in [7, 11) is -1.65. The number of nitrogens with zero attached hydrogens (tertiary/aromatic N) is 2. The molecule has 2 aromatic carbocycles. The molecule has 0 unspecified atom stereocenters. The van der Waals surface area contributed by atoms with Crippen molar-refractivity contribution in [1.82, 2.24) is 20.3 Å². The third kappa shape index (κ3) is 9.43. The molecule has 7 nitrogen and oxygen atoms in total. The molecule has 1 heterocycles. The maximum Gasteiger partial charge on any atom is 0.213 e. The van der Waals surface area contributed by atoms with Crippen LogP contribution in [-0.2, 0) is 23.1 Å². The maximum atomic E-state index is 12.2. The first-order chi connectivity index (χ1) is 15.0. The maximum absolute atomic E-state index is 12.2. The predicted molar refractivity (Wildman–Crippen MR) is 142 cm³/mol. The summed E-state index contributed by atoms with van der Waals surface area (Å²) in [5.74, 6) is 0.649. The lowest BCUT2D eigenvalue weighted by Crippen LogP contribution is -2.49. The van der Waals surface area contributed by atoms with Crippen molar-refractivity contribution in [2.75, 3.05) is 32.4 Å². The number of nitrogens with one attached hydrogen (secondary N) is 3. The van der Waals surface area contributed by atoms with Crippen molar-refractivity contribution >= 4 is 40.0 Å². The van der Waals surface area contributed by atoms with E-state index in [0.717, 1.165) is 38.0 Å². The van der Waals surface area contributed by atoms with Crippen LogP contribution in [0.25, 0.3) is 0 Å². The largest absolute Gasteiger partial charge is 0.355 e. The number of piperidine rings is 1. The van der Waals surface area contributed by atoms with Crippen LogP contribution in [0.15, 0.2) is 65.7 Å². The van der Waals surface area contributed by atoms with Gasteiger partial charge in [0.15, 0.2) is 5.96 Å². The molecule has 0 aliphatic carbocycles. The zero-order valence-electron chi connectivity index (χ0n) is 18.5. The van der Waals surface area contributed by atoms with E-state index in [0.29, 0.717) is 25.1 Å². The van der Waals surface area contributed by atoms with Crippen molar-refractivity contribution in [3.63, 3.8) is 0 Å². The summed E-state index contributed by atoms with van der Waals surface area (Å²) in [6.07, 6.45) is 2.06. The number of guanidine groups is 1. The van der Waals surface area contributed by atoms with Crippen LogP contribution in [0.4, 0.5) is 0 Å². The molecule has 1 aliphatic rings. The van der Waals surface area contributed by atoms with E-state index >= 15 is 0 Å². The third-order valence-corrected chi connectivity index (χ3v) is 6.73. The number of aliphatic imine (C=N–C) groups is 1. The van der Waals surface area contributed by atoms with Gasteiger partial charge >= 0.3 is 0 Å². The van der Waals surface area contributed by atoms with E-state index in [1.807, 2.05) is 36.4 Å². The Morgan fingerprint density at radius 3 is 2.19 bits per heavy atom. The lowest BCUT2D eigenvalue weighted by molar-refractivity contribution is 0.198. The molecule has 0 spiro atoms. The lowest BCUT2D eigenvalue weighted by Gasteiger charge is -2.33. The summed E-state index contributed by atoms with van der Waals surface area (Å²) in [5, 5.41) is 6.56. The van der Waals surface area contributed by atoms with Gasteiger partial charge in [-0.1, -0.05) is 60.7 Å². The third-order valence-electron chi connectivity index (χ3n) is 5.40. The number of rotatable bonds is 9. The number of benzene rings is 2. The molecule has 0 bridgehead atoms. The number of hydrogen-bond acceptors (Lipinski definition) is 4. The molecule has 3 rings (SSSR count). The second kappa shape index (κ2) is 13.8. The second-order valence-corrected chi connectivity index (χ2v) is 9.73. The van der Waals surface area contributed by atoms with Crippen LogP contribution in [0.3, 0.4) is 0 Å². The molecule has 1 aliphatic heterocycles. The molecule has 0 amide bonds. The predicted octanol–water partition coefficient (Wildman–Crippen LogP) is 2.55. The molecule has 9 heteroatoms. The molecule has 0 saturated carbocycles. The Hall–Kier alpha value is -1.69. The van der Waals surface area contributed by atoms with Crippen molar-refractivity contribution in [1.29, 1.82) is 0 Å². The van der Waals surface area contributed by atoms with Crippen LogP contribution in [0.1, 0.15) is 24.0 Å². The Balaban J connectivity index is 0.00000363. The van der Waals surface area contributed by atoms with Gasteiger partial charge in [0, 0.05) is 45.8 Å².